The van der Waals surface area contributed by atoms with Crippen molar-refractivity contribution in [2.75, 3.05) is 13.1 Å². The maximum Gasteiger partial charge on any atom is 0.233 e. The van der Waals surface area contributed by atoms with Gasteiger partial charge >= 0.3 is 0 Å². The van der Waals surface area contributed by atoms with E-state index in [-0.39, 0.29) is 18.4 Å². The summed E-state index contributed by atoms with van der Waals surface area (Å²) in [6.45, 7) is 2.61. The Kier molecular flexibility index (Phi) is 4.65. The maximum atomic E-state index is 11.3. The number of thiophene rings is 1. The van der Waals surface area contributed by atoms with Gasteiger partial charge in [-0.2, -0.15) is 0 Å². The van der Waals surface area contributed by atoms with Crippen molar-refractivity contribution in [3.8, 4) is 0 Å². The summed E-state index contributed by atoms with van der Waals surface area (Å²) in [6.07, 6.45) is 1.77. The standard InChI is InChI=1S/C14H17N3OS/c1-10-5-7-19-14(10)11(9-17-13(18)8-15)12-4-2-3-6-16-12/h2-7,11H,8-9,15H2,1H3,(H,17,18). The number of pyridine rings is 1. The van der Waals surface area contributed by atoms with Crippen LogP contribution in [0.25, 0.3) is 0 Å². The minimum atomic E-state index is -0.143. The second kappa shape index (κ2) is 6.45. The number of nitrogens with zero attached hydrogens (tertiary/aromatic N) is 1. The van der Waals surface area contributed by atoms with Crippen LogP contribution < -0.4 is 11.1 Å². The smallest absolute Gasteiger partial charge is 0.233 e. The van der Waals surface area contributed by atoms with Crippen molar-refractivity contribution in [3.63, 3.8) is 0 Å². The zero-order valence-corrected chi connectivity index (χ0v) is 11.6. The molecule has 1 unspecified atom stereocenters. The Morgan fingerprint density at radius 1 is 1.47 bits per heavy atom. The molecule has 5 heteroatoms. The largest absolute Gasteiger partial charge is 0.354 e. The minimum Gasteiger partial charge on any atom is -0.354 e. The van der Waals surface area contributed by atoms with E-state index in [0.29, 0.717) is 6.54 Å². The van der Waals surface area contributed by atoms with Crippen molar-refractivity contribution in [2.45, 2.75) is 12.8 Å². The lowest BCUT2D eigenvalue weighted by atomic mass is 10.00. The fraction of sp³-hybridized carbons (Fsp3) is 0.286. The average molecular weight is 275 g/mol. The third-order valence-electron chi connectivity index (χ3n) is 2.95. The summed E-state index contributed by atoms with van der Waals surface area (Å²) < 4.78 is 0. The van der Waals surface area contributed by atoms with E-state index in [2.05, 4.69) is 28.7 Å². The summed E-state index contributed by atoms with van der Waals surface area (Å²) in [5.74, 6) is -0.0631. The molecule has 4 nitrogen and oxygen atoms in total. The van der Waals surface area contributed by atoms with Gasteiger partial charge in [-0.05, 0) is 36.1 Å². The fourth-order valence-corrected chi connectivity index (χ4v) is 2.98. The third-order valence-corrected chi connectivity index (χ3v) is 4.08. The van der Waals surface area contributed by atoms with E-state index < -0.39 is 0 Å². The number of hydrogen-bond acceptors (Lipinski definition) is 4. The molecule has 0 aliphatic carbocycles. The molecule has 0 aliphatic heterocycles. The third kappa shape index (κ3) is 3.39. The predicted octanol–water partition coefficient (Wildman–Crippen LogP) is 1.66. The molecule has 19 heavy (non-hydrogen) atoms. The van der Waals surface area contributed by atoms with Crippen LogP contribution in [0.4, 0.5) is 0 Å². The highest BCUT2D eigenvalue weighted by Crippen LogP contribution is 2.29. The molecule has 0 saturated carbocycles. The van der Waals surface area contributed by atoms with E-state index in [1.807, 2.05) is 18.2 Å². The van der Waals surface area contributed by atoms with Gasteiger partial charge in [-0.3, -0.25) is 9.78 Å². The molecule has 2 heterocycles. The molecule has 1 amide bonds. The molecular formula is C14H17N3OS. The number of hydrogen-bond donors (Lipinski definition) is 2. The molecule has 0 saturated heterocycles. The van der Waals surface area contributed by atoms with Crippen LogP contribution in [0.1, 0.15) is 22.1 Å². The number of nitrogens with two attached hydrogens (primary N) is 1. The first-order valence-electron chi connectivity index (χ1n) is 6.14. The molecule has 2 aromatic rings. The Morgan fingerprint density at radius 3 is 2.89 bits per heavy atom. The minimum absolute atomic E-state index is 0.0123. The second-order valence-electron chi connectivity index (χ2n) is 4.28. The monoisotopic (exact) mass is 275 g/mol. The Hall–Kier alpha value is -1.72. The SMILES string of the molecule is Cc1ccsc1C(CNC(=O)CN)c1ccccn1. The highest BCUT2D eigenvalue weighted by Gasteiger charge is 2.19. The number of amides is 1. The maximum absolute atomic E-state index is 11.3. The summed E-state index contributed by atoms with van der Waals surface area (Å²) in [4.78, 5) is 17.0. The first-order chi connectivity index (χ1) is 9.22. The number of carbonyl (C=O) groups excluding carboxylic acids is 1. The molecule has 0 fully saturated rings. The van der Waals surface area contributed by atoms with Gasteiger partial charge < -0.3 is 11.1 Å². The van der Waals surface area contributed by atoms with E-state index in [9.17, 15) is 4.79 Å². The van der Waals surface area contributed by atoms with Crippen molar-refractivity contribution in [2.24, 2.45) is 5.73 Å². The first kappa shape index (κ1) is 13.7. The van der Waals surface area contributed by atoms with Crippen molar-refractivity contribution in [3.05, 3.63) is 52.0 Å². The Labute approximate surface area is 116 Å². The quantitative estimate of drug-likeness (QED) is 0.872. The highest BCUT2D eigenvalue weighted by molar-refractivity contribution is 7.10. The summed E-state index contributed by atoms with van der Waals surface area (Å²) in [5.41, 5.74) is 7.51. The lowest BCUT2D eigenvalue weighted by Gasteiger charge is -2.17. The molecular weight excluding hydrogens is 258 g/mol. The van der Waals surface area contributed by atoms with E-state index in [1.54, 1.807) is 17.5 Å². The van der Waals surface area contributed by atoms with Crippen LogP contribution >= 0.6 is 11.3 Å². The van der Waals surface area contributed by atoms with Crippen molar-refractivity contribution in [1.82, 2.24) is 10.3 Å². The summed E-state index contributed by atoms with van der Waals surface area (Å²) >= 11 is 1.69. The highest BCUT2D eigenvalue weighted by atomic mass is 32.1. The van der Waals surface area contributed by atoms with Crippen molar-refractivity contribution < 1.29 is 4.79 Å². The number of rotatable bonds is 5. The Morgan fingerprint density at radius 2 is 2.32 bits per heavy atom. The van der Waals surface area contributed by atoms with E-state index in [4.69, 9.17) is 5.73 Å². The first-order valence-corrected chi connectivity index (χ1v) is 7.02. The number of aromatic nitrogens is 1. The molecule has 0 spiro atoms. The van der Waals surface area contributed by atoms with Crippen molar-refractivity contribution >= 4 is 17.2 Å². The molecule has 100 valence electrons. The van der Waals surface area contributed by atoms with Crippen LogP contribution in [0.5, 0.6) is 0 Å². The number of aryl methyl sites for hydroxylation is 1. The topological polar surface area (TPSA) is 68.0 Å². The number of nitrogens with one attached hydrogen (secondary N) is 1. The molecule has 0 bridgehead atoms. The fourth-order valence-electron chi connectivity index (χ4n) is 1.94. The van der Waals surface area contributed by atoms with Gasteiger partial charge in [0.1, 0.15) is 0 Å². The predicted molar refractivity (Wildman–Crippen MR) is 77.2 cm³/mol. The van der Waals surface area contributed by atoms with Gasteiger partial charge in [0.2, 0.25) is 5.91 Å². The zero-order valence-electron chi connectivity index (χ0n) is 10.8. The van der Waals surface area contributed by atoms with Crippen LogP contribution in [0.15, 0.2) is 35.8 Å². The summed E-state index contributed by atoms with van der Waals surface area (Å²) in [7, 11) is 0. The molecule has 0 radical (unpaired) electrons. The van der Waals surface area contributed by atoms with Gasteiger partial charge in [-0.15, -0.1) is 11.3 Å². The van der Waals surface area contributed by atoms with E-state index in [1.165, 1.54) is 10.4 Å². The number of carbonyl (C=O) groups is 1. The van der Waals surface area contributed by atoms with E-state index >= 15 is 0 Å². The van der Waals surface area contributed by atoms with Gasteiger partial charge in [0.15, 0.2) is 0 Å². The molecule has 3 N–H and O–H groups in total. The lowest BCUT2D eigenvalue weighted by molar-refractivity contribution is -0.119. The normalized spacial score (nSPS) is 12.1. The van der Waals surface area contributed by atoms with Crippen LogP contribution in [0, 0.1) is 6.92 Å². The lowest BCUT2D eigenvalue weighted by Crippen LogP contribution is -2.33. The molecule has 1 atom stereocenters. The Bertz CT molecular complexity index is 539. The summed E-state index contributed by atoms with van der Waals surface area (Å²) in [5, 5.41) is 4.91. The van der Waals surface area contributed by atoms with Gasteiger partial charge in [-0.1, -0.05) is 6.07 Å². The molecule has 0 aromatic carbocycles. The van der Waals surface area contributed by atoms with Crippen LogP contribution in [-0.4, -0.2) is 24.0 Å². The van der Waals surface area contributed by atoms with Gasteiger partial charge in [0.25, 0.3) is 0 Å². The van der Waals surface area contributed by atoms with E-state index in [0.717, 1.165) is 5.69 Å². The van der Waals surface area contributed by atoms with Crippen LogP contribution in [-0.2, 0) is 4.79 Å². The molecule has 2 aromatic heterocycles. The van der Waals surface area contributed by atoms with Crippen LogP contribution in [0.3, 0.4) is 0 Å². The van der Waals surface area contributed by atoms with Gasteiger partial charge in [0, 0.05) is 17.6 Å². The molecule has 2 rings (SSSR count). The zero-order chi connectivity index (χ0) is 13.7. The van der Waals surface area contributed by atoms with Crippen molar-refractivity contribution in [1.29, 1.82) is 0 Å². The Balaban J connectivity index is 2.24. The molecule has 0 aliphatic rings. The summed E-state index contributed by atoms with van der Waals surface area (Å²) in [6, 6.07) is 7.92. The van der Waals surface area contributed by atoms with Gasteiger partial charge in [0.05, 0.1) is 18.2 Å². The second-order valence-corrected chi connectivity index (χ2v) is 5.23. The van der Waals surface area contributed by atoms with Crippen LogP contribution in [0.2, 0.25) is 0 Å². The average Bonchev–Trinajstić information content (AvgIpc) is 2.86. The van der Waals surface area contributed by atoms with Gasteiger partial charge in [-0.25, -0.2) is 0 Å².